The molecule has 2 amide bonds. The zero-order valence-corrected chi connectivity index (χ0v) is 12.5. The van der Waals surface area contributed by atoms with Gasteiger partial charge in [0.05, 0.1) is 25.6 Å². The first-order valence-corrected chi connectivity index (χ1v) is 7.17. The Bertz CT molecular complexity index is 640. The van der Waals surface area contributed by atoms with E-state index in [0.717, 1.165) is 18.6 Å². The predicted molar refractivity (Wildman–Crippen MR) is 79.6 cm³/mol. The summed E-state index contributed by atoms with van der Waals surface area (Å²) in [6.07, 6.45) is 6.51. The van der Waals surface area contributed by atoms with Crippen LogP contribution in [0.5, 0.6) is 5.88 Å². The first-order valence-electron chi connectivity index (χ1n) is 7.17. The highest BCUT2D eigenvalue weighted by atomic mass is 16.5. The van der Waals surface area contributed by atoms with Gasteiger partial charge in [-0.25, -0.2) is 9.78 Å². The van der Waals surface area contributed by atoms with Gasteiger partial charge >= 0.3 is 6.03 Å². The van der Waals surface area contributed by atoms with Crippen LogP contribution in [-0.2, 0) is 0 Å². The number of amides is 2. The Labute approximate surface area is 128 Å². The summed E-state index contributed by atoms with van der Waals surface area (Å²) in [4.78, 5) is 22.4. The number of aromatic nitrogens is 2. The minimum Gasteiger partial charge on any atom is -0.479 e. The molecule has 2 heterocycles. The highest BCUT2D eigenvalue weighted by Gasteiger charge is 2.37. The van der Waals surface area contributed by atoms with E-state index >= 15 is 0 Å². The first kappa shape index (κ1) is 14.4. The molecule has 0 aromatic carbocycles. The number of carbonyl (C=O) groups is 1. The van der Waals surface area contributed by atoms with Gasteiger partial charge in [-0.1, -0.05) is 0 Å². The molecule has 1 saturated carbocycles. The largest absolute Gasteiger partial charge is 0.479 e. The molecule has 7 nitrogen and oxygen atoms in total. The zero-order valence-electron chi connectivity index (χ0n) is 12.5. The standard InChI is InChI=1S/C15H18N4O3/c1-10(13-4-3-7-22-13)19(11-5-6-11)15(20)18-12-8-16-9-17-14(12)21-2/h3-4,7-11H,5-6H2,1-2H3,(H,18,20). The summed E-state index contributed by atoms with van der Waals surface area (Å²) in [5.41, 5.74) is 0.451. The molecule has 1 fully saturated rings. The van der Waals surface area contributed by atoms with E-state index in [2.05, 4.69) is 15.3 Å². The lowest BCUT2D eigenvalue weighted by molar-refractivity contribution is 0.179. The summed E-state index contributed by atoms with van der Waals surface area (Å²) in [5.74, 6) is 1.10. The number of hydrogen-bond donors (Lipinski definition) is 1. The summed E-state index contributed by atoms with van der Waals surface area (Å²) in [5, 5.41) is 2.82. The van der Waals surface area contributed by atoms with Crippen LogP contribution in [0.2, 0.25) is 0 Å². The van der Waals surface area contributed by atoms with Crippen molar-refractivity contribution in [2.75, 3.05) is 12.4 Å². The molecule has 0 spiro atoms. The second kappa shape index (κ2) is 6.05. The van der Waals surface area contributed by atoms with Crippen LogP contribution in [0, 0.1) is 0 Å². The van der Waals surface area contributed by atoms with Gasteiger partial charge in [-0.05, 0) is 31.9 Å². The maximum atomic E-state index is 12.7. The normalized spacial score (nSPS) is 15.2. The fourth-order valence-electron chi connectivity index (χ4n) is 2.42. The Morgan fingerprint density at radius 2 is 2.36 bits per heavy atom. The van der Waals surface area contributed by atoms with Crippen molar-refractivity contribution in [1.82, 2.24) is 14.9 Å². The number of anilines is 1. The minimum absolute atomic E-state index is 0.141. The summed E-state index contributed by atoms with van der Waals surface area (Å²) in [7, 11) is 1.50. The molecular formula is C15H18N4O3. The Balaban J connectivity index is 1.78. The summed E-state index contributed by atoms with van der Waals surface area (Å²) in [6.45, 7) is 1.95. The van der Waals surface area contributed by atoms with Crippen LogP contribution in [0.25, 0.3) is 0 Å². The minimum atomic E-state index is -0.209. The van der Waals surface area contributed by atoms with E-state index in [1.807, 2.05) is 19.1 Å². The number of nitrogens with zero attached hydrogens (tertiary/aromatic N) is 3. The maximum absolute atomic E-state index is 12.7. The lowest BCUT2D eigenvalue weighted by Crippen LogP contribution is -2.38. The predicted octanol–water partition coefficient (Wildman–Crippen LogP) is 2.84. The molecule has 1 aliphatic rings. The van der Waals surface area contributed by atoms with Crippen molar-refractivity contribution < 1.29 is 13.9 Å². The monoisotopic (exact) mass is 302 g/mol. The van der Waals surface area contributed by atoms with Crippen molar-refractivity contribution in [2.45, 2.75) is 31.8 Å². The average Bonchev–Trinajstić information content (AvgIpc) is 3.19. The highest BCUT2D eigenvalue weighted by molar-refractivity contribution is 5.91. The van der Waals surface area contributed by atoms with E-state index in [-0.39, 0.29) is 18.1 Å². The Morgan fingerprint density at radius 1 is 1.55 bits per heavy atom. The van der Waals surface area contributed by atoms with Gasteiger partial charge in [-0.15, -0.1) is 0 Å². The third-order valence-corrected chi connectivity index (χ3v) is 3.66. The molecule has 1 unspecified atom stereocenters. The SMILES string of the molecule is COc1ncncc1NC(=O)N(C1CC1)C(C)c1ccco1. The van der Waals surface area contributed by atoms with Crippen LogP contribution in [0.15, 0.2) is 35.3 Å². The third-order valence-electron chi connectivity index (χ3n) is 3.66. The van der Waals surface area contributed by atoms with E-state index in [9.17, 15) is 4.79 Å². The van der Waals surface area contributed by atoms with Crippen molar-refractivity contribution in [2.24, 2.45) is 0 Å². The Morgan fingerprint density at radius 3 is 3.00 bits per heavy atom. The third kappa shape index (κ3) is 2.88. The van der Waals surface area contributed by atoms with Gasteiger partial charge in [-0.2, -0.15) is 4.98 Å². The lowest BCUT2D eigenvalue weighted by atomic mass is 10.2. The van der Waals surface area contributed by atoms with E-state index < -0.39 is 0 Å². The molecule has 0 radical (unpaired) electrons. The fraction of sp³-hybridized carbons (Fsp3) is 0.400. The van der Waals surface area contributed by atoms with E-state index in [1.165, 1.54) is 19.6 Å². The van der Waals surface area contributed by atoms with Crippen molar-refractivity contribution in [3.8, 4) is 5.88 Å². The second-order valence-electron chi connectivity index (χ2n) is 5.21. The molecule has 3 rings (SSSR count). The molecule has 7 heteroatoms. The number of urea groups is 1. The van der Waals surface area contributed by atoms with Gasteiger partial charge < -0.3 is 19.4 Å². The van der Waals surface area contributed by atoms with E-state index in [0.29, 0.717) is 11.6 Å². The molecule has 1 atom stereocenters. The average molecular weight is 302 g/mol. The van der Waals surface area contributed by atoms with Gasteiger partial charge in [0, 0.05) is 6.04 Å². The van der Waals surface area contributed by atoms with Crippen LogP contribution in [0.4, 0.5) is 10.5 Å². The number of ether oxygens (including phenoxy) is 1. The molecule has 0 bridgehead atoms. The Kier molecular flexibility index (Phi) is 3.95. The van der Waals surface area contributed by atoms with Crippen molar-refractivity contribution >= 4 is 11.7 Å². The number of rotatable bonds is 5. The van der Waals surface area contributed by atoms with Crippen molar-refractivity contribution in [3.05, 3.63) is 36.7 Å². The molecule has 0 saturated heterocycles. The second-order valence-corrected chi connectivity index (χ2v) is 5.21. The number of carbonyl (C=O) groups excluding carboxylic acids is 1. The van der Waals surface area contributed by atoms with Crippen LogP contribution >= 0.6 is 0 Å². The number of methoxy groups -OCH3 is 1. The highest BCUT2D eigenvalue weighted by Crippen LogP contribution is 2.35. The summed E-state index contributed by atoms with van der Waals surface area (Å²) in [6, 6.07) is 3.58. The van der Waals surface area contributed by atoms with Crippen molar-refractivity contribution in [1.29, 1.82) is 0 Å². The van der Waals surface area contributed by atoms with Crippen molar-refractivity contribution in [3.63, 3.8) is 0 Å². The molecule has 1 aliphatic carbocycles. The fourth-order valence-corrected chi connectivity index (χ4v) is 2.42. The van der Waals surface area contributed by atoms with Crippen LogP contribution in [0.3, 0.4) is 0 Å². The summed E-state index contributed by atoms with van der Waals surface area (Å²) >= 11 is 0. The lowest BCUT2D eigenvalue weighted by Gasteiger charge is -2.28. The number of furan rings is 1. The van der Waals surface area contributed by atoms with Crippen LogP contribution < -0.4 is 10.1 Å². The topological polar surface area (TPSA) is 80.5 Å². The molecule has 2 aromatic heterocycles. The number of hydrogen-bond acceptors (Lipinski definition) is 5. The molecule has 116 valence electrons. The quantitative estimate of drug-likeness (QED) is 0.918. The molecule has 2 aromatic rings. The van der Waals surface area contributed by atoms with E-state index in [1.54, 1.807) is 11.2 Å². The summed E-state index contributed by atoms with van der Waals surface area (Å²) < 4.78 is 10.6. The van der Waals surface area contributed by atoms with Crippen LogP contribution in [-0.4, -0.2) is 34.1 Å². The van der Waals surface area contributed by atoms with E-state index in [4.69, 9.17) is 9.15 Å². The van der Waals surface area contributed by atoms with Gasteiger partial charge in [0.2, 0.25) is 5.88 Å². The first-order chi connectivity index (χ1) is 10.7. The molecule has 1 N–H and O–H groups in total. The Hall–Kier alpha value is -2.57. The molecular weight excluding hydrogens is 284 g/mol. The number of nitrogens with one attached hydrogen (secondary N) is 1. The van der Waals surface area contributed by atoms with Gasteiger partial charge in [0.1, 0.15) is 17.8 Å². The van der Waals surface area contributed by atoms with Gasteiger partial charge in [0.15, 0.2) is 0 Å². The molecule has 22 heavy (non-hydrogen) atoms. The van der Waals surface area contributed by atoms with Gasteiger partial charge in [-0.3, -0.25) is 0 Å². The molecule has 0 aliphatic heterocycles. The maximum Gasteiger partial charge on any atom is 0.322 e. The zero-order chi connectivity index (χ0) is 15.5. The van der Waals surface area contributed by atoms with Crippen LogP contribution in [0.1, 0.15) is 31.6 Å². The van der Waals surface area contributed by atoms with Gasteiger partial charge in [0.25, 0.3) is 0 Å². The smallest absolute Gasteiger partial charge is 0.322 e.